The number of hydrogen-bond acceptors (Lipinski definition) is 3. The van der Waals surface area contributed by atoms with Gasteiger partial charge in [-0.05, 0) is 37.6 Å². The zero-order valence-corrected chi connectivity index (χ0v) is 11.5. The first-order valence-electron chi connectivity index (χ1n) is 6.45. The minimum atomic E-state index is 0.00741. The molecule has 0 aliphatic carbocycles. The summed E-state index contributed by atoms with van der Waals surface area (Å²) in [6.45, 7) is 4.55. The van der Waals surface area contributed by atoms with Gasteiger partial charge in [0, 0.05) is 18.8 Å². The predicted molar refractivity (Wildman–Crippen MR) is 73.6 cm³/mol. The molecule has 1 aromatic carbocycles. The molecular formula is C15H18N2O2. The lowest BCUT2D eigenvalue weighted by molar-refractivity contribution is 0.103. The average Bonchev–Trinajstić information content (AvgIpc) is 2.80. The molecule has 1 heterocycles. The maximum Gasteiger partial charge on any atom is 0.196 e. The third kappa shape index (κ3) is 2.84. The fourth-order valence-electron chi connectivity index (χ4n) is 2.01. The molecule has 0 fully saturated rings. The van der Waals surface area contributed by atoms with Crippen LogP contribution in [0.2, 0.25) is 0 Å². The highest BCUT2D eigenvalue weighted by Crippen LogP contribution is 2.17. The van der Waals surface area contributed by atoms with Gasteiger partial charge in [0.2, 0.25) is 0 Å². The molecule has 2 aromatic rings. The Balaban J connectivity index is 2.28. The summed E-state index contributed by atoms with van der Waals surface area (Å²) in [4.78, 5) is 12.4. The third-order valence-electron chi connectivity index (χ3n) is 2.91. The fourth-order valence-corrected chi connectivity index (χ4v) is 2.01. The van der Waals surface area contributed by atoms with E-state index in [4.69, 9.17) is 4.74 Å². The first-order valence-corrected chi connectivity index (χ1v) is 6.45. The second-order valence-corrected chi connectivity index (χ2v) is 4.30. The lowest BCUT2D eigenvalue weighted by Gasteiger charge is -2.04. The molecule has 1 aromatic heterocycles. The summed E-state index contributed by atoms with van der Waals surface area (Å²) in [7, 11) is 1.83. The summed E-state index contributed by atoms with van der Waals surface area (Å²) in [5.74, 6) is 0.786. The predicted octanol–water partition coefficient (Wildman–Crippen LogP) is 2.61. The van der Waals surface area contributed by atoms with Gasteiger partial charge >= 0.3 is 0 Å². The van der Waals surface area contributed by atoms with Crippen molar-refractivity contribution in [2.45, 2.75) is 20.3 Å². The van der Waals surface area contributed by atoms with Crippen molar-refractivity contribution in [1.29, 1.82) is 0 Å². The van der Waals surface area contributed by atoms with E-state index in [1.807, 2.05) is 33.0 Å². The number of hydrogen-bond donors (Lipinski definition) is 0. The molecule has 0 N–H and O–H groups in total. The fraction of sp³-hybridized carbons (Fsp3) is 0.333. The molecule has 19 heavy (non-hydrogen) atoms. The van der Waals surface area contributed by atoms with Crippen molar-refractivity contribution < 1.29 is 9.53 Å². The topological polar surface area (TPSA) is 44.1 Å². The second-order valence-electron chi connectivity index (χ2n) is 4.30. The van der Waals surface area contributed by atoms with E-state index in [0.29, 0.717) is 17.7 Å². The van der Waals surface area contributed by atoms with Gasteiger partial charge in [0.25, 0.3) is 0 Å². The Hall–Kier alpha value is -2.10. The van der Waals surface area contributed by atoms with Gasteiger partial charge in [-0.15, -0.1) is 0 Å². The lowest BCUT2D eigenvalue weighted by Crippen LogP contribution is -2.03. The summed E-state index contributed by atoms with van der Waals surface area (Å²) in [5.41, 5.74) is 2.17. The quantitative estimate of drug-likeness (QED) is 0.774. The van der Waals surface area contributed by atoms with Crippen molar-refractivity contribution in [3.8, 4) is 5.75 Å². The van der Waals surface area contributed by atoms with Gasteiger partial charge in [0.15, 0.2) is 5.78 Å². The van der Waals surface area contributed by atoms with E-state index in [2.05, 4.69) is 5.10 Å². The largest absolute Gasteiger partial charge is 0.494 e. The standard InChI is InChI=1S/C15H18N2O2/c1-4-14-13(10-17(3)16-14)15(18)11-6-8-12(9-7-11)19-5-2/h6-10H,4-5H2,1-3H3. The van der Waals surface area contributed by atoms with E-state index in [1.165, 1.54) is 0 Å². The number of aryl methyl sites for hydroxylation is 2. The van der Waals surface area contributed by atoms with Gasteiger partial charge in [-0.3, -0.25) is 9.48 Å². The SMILES string of the molecule is CCOc1ccc(C(=O)c2cn(C)nc2CC)cc1. The van der Waals surface area contributed by atoms with Crippen molar-refractivity contribution in [3.63, 3.8) is 0 Å². The molecule has 0 saturated heterocycles. The molecule has 0 aliphatic rings. The number of rotatable bonds is 5. The summed E-state index contributed by atoms with van der Waals surface area (Å²) in [6, 6.07) is 7.22. The summed E-state index contributed by atoms with van der Waals surface area (Å²) < 4.78 is 7.05. The maximum absolute atomic E-state index is 12.4. The lowest BCUT2D eigenvalue weighted by atomic mass is 10.0. The van der Waals surface area contributed by atoms with Crippen LogP contribution in [0.4, 0.5) is 0 Å². The van der Waals surface area contributed by atoms with Crippen LogP contribution >= 0.6 is 0 Å². The van der Waals surface area contributed by atoms with E-state index in [1.54, 1.807) is 23.0 Å². The van der Waals surface area contributed by atoms with Crippen LogP contribution in [0, 0.1) is 0 Å². The van der Waals surface area contributed by atoms with Crippen LogP contribution in [-0.2, 0) is 13.5 Å². The van der Waals surface area contributed by atoms with Crippen molar-refractivity contribution in [3.05, 3.63) is 47.3 Å². The van der Waals surface area contributed by atoms with E-state index < -0.39 is 0 Å². The molecular weight excluding hydrogens is 240 g/mol. The van der Waals surface area contributed by atoms with Gasteiger partial charge in [0.1, 0.15) is 5.75 Å². The minimum absolute atomic E-state index is 0.00741. The zero-order chi connectivity index (χ0) is 13.8. The molecule has 0 aliphatic heterocycles. The molecule has 0 bridgehead atoms. The van der Waals surface area contributed by atoms with Crippen molar-refractivity contribution >= 4 is 5.78 Å². The summed E-state index contributed by atoms with van der Waals surface area (Å²) in [5, 5.41) is 4.29. The number of nitrogens with zero attached hydrogens (tertiary/aromatic N) is 2. The average molecular weight is 258 g/mol. The van der Waals surface area contributed by atoms with Crippen LogP contribution in [0.3, 0.4) is 0 Å². The Morgan fingerprint density at radius 3 is 2.53 bits per heavy atom. The number of ketones is 1. The van der Waals surface area contributed by atoms with E-state index in [0.717, 1.165) is 17.9 Å². The van der Waals surface area contributed by atoms with Crippen LogP contribution < -0.4 is 4.74 Å². The smallest absolute Gasteiger partial charge is 0.196 e. The molecule has 0 saturated carbocycles. The van der Waals surface area contributed by atoms with Gasteiger partial charge < -0.3 is 4.74 Å². The molecule has 4 heteroatoms. The van der Waals surface area contributed by atoms with Crippen molar-refractivity contribution in [2.24, 2.45) is 7.05 Å². The Bertz CT molecular complexity index is 570. The highest BCUT2D eigenvalue weighted by atomic mass is 16.5. The second kappa shape index (κ2) is 5.69. The van der Waals surface area contributed by atoms with Crippen molar-refractivity contribution in [2.75, 3.05) is 6.61 Å². The van der Waals surface area contributed by atoms with Gasteiger partial charge in [-0.2, -0.15) is 5.10 Å². The highest BCUT2D eigenvalue weighted by molar-refractivity contribution is 6.09. The van der Waals surface area contributed by atoms with E-state index >= 15 is 0 Å². The number of aromatic nitrogens is 2. The first-order chi connectivity index (χ1) is 9.15. The van der Waals surface area contributed by atoms with Crippen molar-refractivity contribution in [1.82, 2.24) is 9.78 Å². The zero-order valence-electron chi connectivity index (χ0n) is 11.5. The van der Waals surface area contributed by atoms with Crippen LogP contribution in [-0.4, -0.2) is 22.2 Å². The molecule has 0 atom stereocenters. The summed E-state index contributed by atoms with van der Waals surface area (Å²) in [6.07, 6.45) is 2.52. The Labute approximate surface area is 113 Å². The van der Waals surface area contributed by atoms with Gasteiger partial charge in [-0.1, -0.05) is 6.92 Å². The Morgan fingerprint density at radius 1 is 1.26 bits per heavy atom. The Morgan fingerprint density at radius 2 is 1.95 bits per heavy atom. The first kappa shape index (κ1) is 13.3. The van der Waals surface area contributed by atoms with Crippen LogP contribution in [0.5, 0.6) is 5.75 Å². The van der Waals surface area contributed by atoms with Gasteiger partial charge in [-0.25, -0.2) is 0 Å². The maximum atomic E-state index is 12.4. The molecule has 0 radical (unpaired) electrons. The Kier molecular flexibility index (Phi) is 4.00. The monoisotopic (exact) mass is 258 g/mol. The van der Waals surface area contributed by atoms with Crippen LogP contribution in [0.1, 0.15) is 35.5 Å². The number of carbonyl (C=O) groups excluding carboxylic acids is 1. The van der Waals surface area contributed by atoms with E-state index in [9.17, 15) is 4.79 Å². The van der Waals surface area contributed by atoms with Gasteiger partial charge in [0.05, 0.1) is 17.9 Å². The minimum Gasteiger partial charge on any atom is -0.494 e. The molecule has 2 rings (SSSR count). The molecule has 0 amide bonds. The normalized spacial score (nSPS) is 10.5. The third-order valence-corrected chi connectivity index (χ3v) is 2.91. The molecule has 100 valence electrons. The highest BCUT2D eigenvalue weighted by Gasteiger charge is 2.16. The summed E-state index contributed by atoms with van der Waals surface area (Å²) >= 11 is 0. The number of carbonyl (C=O) groups is 1. The van der Waals surface area contributed by atoms with Crippen LogP contribution in [0.25, 0.3) is 0 Å². The molecule has 0 spiro atoms. The van der Waals surface area contributed by atoms with E-state index in [-0.39, 0.29) is 5.78 Å². The number of benzene rings is 1. The molecule has 4 nitrogen and oxygen atoms in total. The molecule has 0 unspecified atom stereocenters. The number of ether oxygens (including phenoxy) is 1. The van der Waals surface area contributed by atoms with Crippen LogP contribution in [0.15, 0.2) is 30.5 Å².